The van der Waals surface area contributed by atoms with Gasteiger partial charge in [-0.3, -0.25) is 5.84 Å². The van der Waals surface area contributed by atoms with Crippen LogP contribution in [-0.4, -0.2) is 33.6 Å². The van der Waals surface area contributed by atoms with Crippen molar-refractivity contribution in [2.75, 3.05) is 13.7 Å². The molecule has 0 fully saturated rings. The molecule has 14 heavy (non-hydrogen) atoms. The van der Waals surface area contributed by atoms with E-state index < -0.39 is 14.8 Å². The third kappa shape index (κ3) is 5.69. The van der Waals surface area contributed by atoms with E-state index >= 15 is 0 Å². The molecule has 0 aliphatic heterocycles. The molecule has 0 saturated carbocycles. The molecule has 0 aromatic rings. The second-order valence-electron chi connectivity index (χ2n) is 3.41. The van der Waals surface area contributed by atoms with Gasteiger partial charge in [0.1, 0.15) is 6.23 Å². The fraction of sp³-hybridized carbons (Fsp3) is 1.00. The SMILES string of the molecule is CCCO[Si](C)(CCC(O)NN)OC. The van der Waals surface area contributed by atoms with E-state index in [0.29, 0.717) is 13.0 Å². The molecule has 2 atom stereocenters. The Morgan fingerprint density at radius 2 is 2.21 bits per heavy atom. The normalized spacial score (nSPS) is 17.8. The molecule has 86 valence electrons. The van der Waals surface area contributed by atoms with Crippen LogP contribution in [0, 0.1) is 0 Å². The van der Waals surface area contributed by atoms with E-state index in [-0.39, 0.29) is 0 Å². The molecule has 0 aliphatic carbocycles. The first-order chi connectivity index (χ1) is 6.58. The zero-order valence-corrected chi connectivity index (χ0v) is 10.2. The summed E-state index contributed by atoms with van der Waals surface area (Å²) in [6, 6.07) is 0.731. The Morgan fingerprint density at radius 3 is 2.64 bits per heavy atom. The number of hydrazine groups is 1. The fourth-order valence-corrected chi connectivity index (χ4v) is 2.93. The highest BCUT2D eigenvalue weighted by Crippen LogP contribution is 2.15. The molecule has 0 amide bonds. The van der Waals surface area contributed by atoms with Crippen molar-refractivity contribution in [3.8, 4) is 0 Å². The van der Waals surface area contributed by atoms with E-state index in [0.717, 1.165) is 12.5 Å². The molecule has 4 N–H and O–H groups in total. The van der Waals surface area contributed by atoms with Crippen LogP contribution in [0.15, 0.2) is 0 Å². The number of nitrogens with one attached hydrogen (secondary N) is 1. The van der Waals surface area contributed by atoms with Gasteiger partial charge >= 0.3 is 8.56 Å². The van der Waals surface area contributed by atoms with Crippen LogP contribution in [0.5, 0.6) is 0 Å². The molecule has 0 radical (unpaired) electrons. The van der Waals surface area contributed by atoms with Gasteiger partial charge in [0.15, 0.2) is 0 Å². The third-order valence-corrected chi connectivity index (χ3v) is 4.98. The van der Waals surface area contributed by atoms with Gasteiger partial charge in [-0.25, -0.2) is 5.43 Å². The van der Waals surface area contributed by atoms with Gasteiger partial charge in [0.25, 0.3) is 0 Å². The lowest BCUT2D eigenvalue weighted by atomic mass is 10.4. The van der Waals surface area contributed by atoms with Crippen LogP contribution in [-0.2, 0) is 8.85 Å². The minimum Gasteiger partial charge on any atom is -0.398 e. The summed E-state index contributed by atoms with van der Waals surface area (Å²) in [6.45, 7) is 4.76. The Bertz CT molecular complexity index is 151. The van der Waals surface area contributed by atoms with Crippen LogP contribution >= 0.6 is 0 Å². The number of nitrogens with two attached hydrogens (primary N) is 1. The van der Waals surface area contributed by atoms with Gasteiger partial charge in [-0.15, -0.1) is 0 Å². The van der Waals surface area contributed by atoms with Gasteiger partial charge in [-0.05, 0) is 25.4 Å². The number of hydrogen-bond acceptors (Lipinski definition) is 5. The molecule has 0 heterocycles. The van der Waals surface area contributed by atoms with Crippen molar-refractivity contribution in [1.82, 2.24) is 5.43 Å². The molecular formula is C8H22N2O3Si. The molecule has 6 heteroatoms. The zero-order valence-electron chi connectivity index (χ0n) is 9.25. The van der Waals surface area contributed by atoms with Gasteiger partial charge in [-0.1, -0.05) is 6.92 Å². The zero-order chi connectivity index (χ0) is 11.0. The Morgan fingerprint density at radius 1 is 1.57 bits per heavy atom. The molecule has 5 nitrogen and oxygen atoms in total. The molecule has 2 unspecified atom stereocenters. The monoisotopic (exact) mass is 222 g/mol. The van der Waals surface area contributed by atoms with Crippen molar-refractivity contribution < 1.29 is 14.0 Å². The van der Waals surface area contributed by atoms with E-state index in [1.54, 1.807) is 7.11 Å². The van der Waals surface area contributed by atoms with Crippen molar-refractivity contribution in [3.63, 3.8) is 0 Å². The molecule has 0 rings (SSSR count). The summed E-state index contributed by atoms with van der Waals surface area (Å²) in [7, 11) is -0.422. The molecule has 0 saturated heterocycles. The second kappa shape index (κ2) is 7.33. The summed E-state index contributed by atoms with van der Waals surface area (Å²) >= 11 is 0. The lowest BCUT2D eigenvalue weighted by Crippen LogP contribution is -2.41. The van der Waals surface area contributed by atoms with Crippen LogP contribution in [0.2, 0.25) is 12.6 Å². The third-order valence-electron chi connectivity index (χ3n) is 2.11. The summed E-state index contributed by atoms with van der Waals surface area (Å²) in [5.41, 5.74) is 2.28. The van der Waals surface area contributed by atoms with Gasteiger partial charge in [0, 0.05) is 13.7 Å². The summed E-state index contributed by atoms with van der Waals surface area (Å²) in [4.78, 5) is 0. The average Bonchev–Trinajstić information content (AvgIpc) is 2.23. The number of rotatable bonds is 8. The van der Waals surface area contributed by atoms with E-state index in [1.807, 2.05) is 6.55 Å². The van der Waals surface area contributed by atoms with Crippen molar-refractivity contribution in [2.45, 2.75) is 38.6 Å². The number of aliphatic hydroxyl groups is 1. The topological polar surface area (TPSA) is 76.7 Å². The highest BCUT2D eigenvalue weighted by molar-refractivity contribution is 6.65. The number of hydrogen-bond donors (Lipinski definition) is 3. The van der Waals surface area contributed by atoms with E-state index in [1.165, 1.54) is 0 Å². The maximum absolute atomic E-state index is 9.22. The van der Waals surface area contributed by atoms with Crippen molar-refractivity contribution >= 4 is 8.56 Å². The van der Waals surface area contributed by atoms with Gasteiger partial charge in [-0.2, -0.15) is 0 Å². The van der Waals surface area contributed by atoms with Gasteiger partial charge < -0.3 is 14.0 Å². The van der Waals surface area contributed by atoms with E-state index in [2.05, 4.69) is 12.3 Å². The largest absolute Gasteiger partial charge is 0.398 e. The van der Waals surface area contributed by atoms with Gasteiger partial charge in [0.2, 0.25) is 0 Å². The minimum atomic E-state index is -2.08. The Kier molecular flexibility index (Phi) is 7.34. The predicted octanol–water partition coefficient (Wildman–Crippen LogP) is 0.303. The standard InChI is InChI=1S/C8H22N2O3Si/c1-4-6-13-14(3,12-2)7-5-8(11)10-9/h8,10-11H,4-7,9H2,1-3H3. The van der Waals surface area contributed by atoms with Crippen LogP contribution in [0.1, 0.15) is 19.8 Å². The average molecular weight is 222 g/mol. The fourth-order valence-electron chi connectivity index (χ4n) is 1.03. The first kappa shape index (κ1) is 14.0. The highest BCUT2D eigenvalue weighted by Gasteiger charge is 2.30. The first-order valence-corrected chi connectivity index (χ1v) is 7.43. The first-order valence-electron chi connectivity index (χ1n) is 4.91. The second-order valence-corrected chi connectivity index (χ2v) is 6.87. The highest BCUT2D eigenvalue weighted by atomic mass is 28.4. The van der Waals surface area contributed by atoms with Crippen molar-refractivity contribution in [3.05, 3.63) is 0 Å². The van der Waals surface area contributed by atoms with Crippen molar-refractivity contribution in [2.24, 2.45) is 5.84 Å². The molecule has 0 spiro atoms. The maximum atomic E-state index is 9.22. The summed E-state index contributed by atoms with van der Waals surface area (Å²) in [5, 5.41) is 9.22. The molecule has 0 aliphatic rings. The molecule has 0 aromatic heterocycles. The molecule has 0 aromatic carbocycles. The van der Waals surface area contributed by atoms with Crippen molar-refractivity contribution in [1.29, 1.82) is 0 Å². The molecular weight excluding hydrogens is 200 g/mol. The summed E-state index contributed by atoms with van der Waals surface area (Å²) in [5.74, 6) is 5.08. The Balaban J connectivity index is 3.85. The lowest BCUT2D eigenvalue weighted by molar-refractivity contribution is 0.126. The van der Waals surface area contributed by atoms with E-state index in [9.17, 15) is 5.11 Å². The number of aliphatic hydroxyl groups excluding tert-OH is 1. The van der Waals surface area contributed by atoms with Crippen LogP contribution in [0.3, 0.4) is 0 Å². The predicted molar refractivity (Wildman–Crippen MR) is 57.6 cm³/mol. The quantitative estimate of drug-likeness (QED) is 0.238. The Labute approximate surface area is 86.8 Å². The summed E-state index contributed by atoms with van der Waals surface area (Å²) in [6.07, 6.45) is 0.850. The van der Waals surface area contributed by atoms with Crippen LogP contribution in [0.4, 0.5) is 0 Å². The smallest absolute Gasteiger partial charge is 0.334 e. The Hall–Kier alpha value is 0.0169. The lowest BCUT2D eigenvalue weighted by Gasteiger charge is -2.25. The van der Waals surface area contributed by atoms with Gasteiger partial charge in [0.05, 0.1) is 0 Å². The van der Waals surface area contributed by atoms with Crippen LogP contribution in [0.25, 0.3) is 0 Å². The summed E-state index contributed by atoms with van der Waals surface area (Å²) < 4.78 is 11.0. The van der Waals surface area contributed by atoms with Crippen LogP contribution < -0.4 is 11.3 Å². The van der Waals surface area contributed by atoms with E-state index in [4.69, 9.17) is 14.7 Å². The maximum Gasteiger partial charge on any atom is 0.334 e. The minimum absolute atomic E-state index is 0.552. The molecule has 0 bridgehead atoms.